The normalized spacial score (nSPS) is 10.4. The zero-order valence-corrected chi connectivity index (χ0v) is 10.0. The summed E-state index contributed by atoms with van der Waals surface area (Å²) in [6.45, 7) is 4.23. The van der Waals surface area contributed by atoms with Crippen LogP contribution in [-0.4, -0.2) is 12.1 Å². The second-order valence-electron chi connectivity index (χ2n) is 4.23. The van der Waals surface area contributed by atoms with E-state index < -0.39 is 0 Å². The number of H-pyrrole nitrogens is 1. The van der Waals surface area contributed by atoms with Gasteiger partial charge in [0.15, 0.2) is 0 Å². The molecule has 0 aliphatic heterocycles. The summed E-state index contributed by atoms with van der Waals surface area (Å²) in [7, 11) is 1.69. The lowest BCUT2D eigenvalue weighted by Gasteiger charge is -1.97. The highest BCUT2D eigenvalue weighted by Gasteiger charge is 2.00. The third-order valence-corrected chi connectivity index (χ3v) is 2.62. The highest BCUT2D eigenvalue weighted by molar-refractivity contribution is 5.81. The molecule has 1 heterocycles. The standard InChI is InChI=1S/C14H17NO/c1-10(2)4-6-12-8-11-5-7-13(16-3)9-14(11)15-12/h4-5,7-9,15H,6H2,1-3H3. The van der Waals surface area contributed by atoms with Crippen LogP contribution in [0.2, 0.25) is 0 Å². The first-order chi connectivity index (χ1) is 7.69. The number of hydrogen-bond donors (Lipinski definition) is 1. The van der Waals surface area contributed by atoms with Gasteiger partial charge in [0.2, 0.25) is 0 Å². The van der Waals surface area contributed by atoms with E-state index in [0.717, 1.165) is 17.7 Å². The first kappa shape index (κ1) is 10.8. The fraction of sp³-hybridized carbons (Fsp3) is 0.286. The van der Waals surface area contributed by atoms with Crippen molar-refractivity contribution in [2.24, 2.45) is 0 Å². The van der Waals surface area contributed by atoms with Crippen LogP contribution in [-0.2, 0) is 6.42 Å². The highest BCUT2D eigenvalue weighted by Crippen LogP contribution is 2.21. The van der Waals surface area contributed by atoms with E-state index in [-0.39, 0.29) is 0 Å². The smallest absolute Gasteiger partial charge is 0.120 e. The van der Waals surface area contributed by atoms with E-state index in [9.17, 15) is 0 Å². The number of allylic oxidation sites excluding steroid dienone is 2. The van der Waals surface area contributed by atoms with Gasteiger partial charge in [-0.3, -0.25) is 0 Å². The Morgan fingerprint density at radius 1 is 1.31 bits per heavy atom. The second-order valence-corrected chi connectivity index (χ2v) is 4.23. The van der Waals surface area contributed by atoms with Gasteiger partial charge in [0, 0.05) is 23.7 Å². The molecule has 0 saturated heterocycles. The third-order valence-electron chi connectivity index (χ3n) is 2.62. The van der Waals surface area contributed by atoms with E-state index in [1.807, 2.05) is 12.1 Å². The van der Waals surface area contributed by atoms with Crippen LogP contribution in [0.5, 0.6) is 5.75 Å². The Hall–Kier alpha value is -1.70. The van der Waals surface area contributed by atoms with Gasteiger partial charge in [0.1, 0.15) is 5.75 Å². The van der Waals surface area contributed by atoms with E-state index in [2.05, 4.69) is 37.0 Å². The number of aromatic nitrogens is 1. The van der Waals surface area contributed by atoms with Crippen LogP contribution >= 0.6 is 0 Å². The number of ether oxygens (including phenoxy) is 1. The summed E-state index contributed by atoms with van der Waals surface area (Å²) < 4.78 is 5.20. The Bertz CT molecular complexity index is 519. The van der Waals surface area contributed by atoms with Crippen LogP contribution < -0.4 is 4.74 Å². The molecule has 0 aliphatic carbocycles. The minimum Gasteiger partial charge on any atom is -0.497 e. The van der Waals surface area contributed by atoms with Gasteiger partial charge in [-0.05, 0) is 37.4 Å². The van der Waals surface area contributed by atoms with Crippen molar-refractivity contribution in [3.63, 3.8) is 0 Å². The number of nitrogens with one attached hydrogen (secondary N) is 1. The lowest BCUT2D eigenvalue weighted by atomic mass is 10.2. The third kappa shape index (κ3) is 2.27. The van der Waals surface area contributed by atoms with Crippen LogP contribution in [0.1, 0.15) is 19.5 Å². The Balaban J connectivity index is 2.32. The minimum atomic E-state index is 0.892. The Morgan fingerprint density at radius 3 is 2.81 bits per heavy atom. The Labute approximate surface area is 95.9 Å². The lowest BCUT2D eigenvalue weighted by Crippen LogP contribution is -1.82. The van der Waals surface area contributed by atoms with Crippen LogP contribution in [0.3, 0.4) is 0 Å². The molecule has 0 aliphatic rings. The van der Waals surface area contributed by atoms with Gasteiger partial charge >= 0.3 is 0 Å². The molecule has 1 aromatic carbocycles. The number of rotatable bonds is 3. The molecule has 0 bridgehead atoms. The molecular formula is C14H17NO. The van der Waals surface area contributed by atoms with E-state index in [0.29, 0.717) is 0 Å². The first-order valence-corrected chi connectivity index (χ1v) is 5.48. The fourth-order valence-electron chi connectivity index (χ4n) is 1.72. The molecule has 2 nitrogen and oxygen atoms in total. The summed E-state index contributed by atoms with van der Waals surface area (Å²) in [5.41, 5.74) is 3.72. The topological polar surface area (TPSA) is 25.0 Å². The van der Waals surface area contributed by atoms with Gasteiger partial charge in [0.25, 0.3) is 0 Å². The summed E-state index contributed by atoms with van der Waals surface area (Å²) >= 11 is 0. The van der Waals surface area contributed by atoms with Crippen molar-refractivity contribution >= 4 is 10.9 Å². The molecule has 0 fully saturated rings. The fourth-order valence-corrected chi connectivity index (χ4v) is 1.72. The largest absolute Gasteiger partial charge is 0.497 e. The molecule has 0 atom stereocenters. The van der Waals surface area contributed by atoms with Crippen molar-refractivity contribution in [2.75, 3.05) is 7.11 Å². The van der Waals surface area contributed by atoms with Crippen LogP contribution in [0.25, 0.3) is 10.9 Å². The molecule has 84 valence electrons. The summed E-state index contributed by atoms with van der Waals surface area (Å²) in [6.07, 6.45) is 3.18. The zero-order valence-electron chi connectivity index (χ0n) is 10.0. The van der Waals surface area contributed by atoms with Crippen LogP contribution in [0.15, 0.2) is 35.9 Å². The Morgan fingerprint density at radius 2 is 2.12 bits per heavy atom. The molecule has 0 amide bonds. The zero-order chi connectivity index (χ0) is 11.5. The molecule has 0 unspecified atom stereocenters. The predicted molar refractivity (Wildman–Crippen MR) is 68.0 cm³/mol. The number of benzene rings is 1. The maximum absolute atomic E-state index is 5.20. The number of aromatic amines is 1. The molecule has 2 heteroatoms. The van der Waals surface area contributed by atoms with Crippen molar-refractivity contribution < 1.29 is 4.74 Å². The van der Waals surface area contributed by atoms with E-state index in [4.69, 9.17) is 4.74 Å². The summed E-state index contributed by atoms with van der Waals surface area (Å²) in [4.78, 5) is 3.40. The average molecular weight is 215 g/mol. The van der Waals surface area contributed by atoms with Gasteiger partial charge in [-0.2, -0.15) is 0 Å². The highest BCUT2D eigenvalue weighted by atomic mass is 16.5. The van der Waals surface area contributed by atoms with Crippen LogP contribution in [0.4, 0.5) is 0 Å². The number of fused-ring (bicyclic) bond motifs is 1. The van der Waals surface area contributed by atoms with Gasteiger partial charge in [-0.15, -0.1) is 0 Å². The SMILES string of the molecule is COc1ccc2cc(CC=C(C)C)[nH]c2c1. The minimum absolute atomic E-state index is 0.892. The Kier molecular flexibility index (Phi) is 3.00. The maximum atomic E-state index is 5.20. The van der Waals surface area contributed by atoms with Gasteiger partial charge in [-0.1, -0.05) is 11.6 Å². The van der Waals surface area contributed by atoms with Crippen molar-refractivity contribution in [1.82, 2.24) is 4.98 Å². The van der Waals surface area contributed by atoms with E-state index in [1.54, 1.807) is 7.11 Å². The van der Waals surface area contributed by atoms with Crippen molar-refractivity contribution in [3.05, 3.63) is 41.6 Å². The average Bonchev–Trinajstić information content (AvgIpc) is 2.67. The van der Waals surface area contributed by atoms with Gasteiger partial charge < -0.3 is 9.72 Å². The van der Waals surface area contributed by atoms with Gasteiger partial charge in [-0.25, -0.2) is 0 Å². The quantitative estimate of drug-likeness (QED) is 0.776. The van der Waals surface area contributed by atoms with Crippen LogP contribution in [0, 0.1) is 0 Å². The maximum Gasteiger partial charge on any atom is 0.120 e. The summed E-state index contributed by atoms with van der Waals surface area (Å²) in [6, 6.07) is 8.28. The molecular weight excluding hydrogens is 198 g/mol. The molecule has 2 aromatic rings. The molecule has 2 rings (SSSR count). The second kappa shape index (κ2) is 4.44. The lowest BCUT2D eigenvalue weighted by molar-refractivity contribution is 0.415. The summed E-state index contributed by atoms with van der Waals surface area (Å²) in [5.74, 6) is 0.892. The van der Waals surface area contributed by atoms with E-state index >= 15 is 0 Å². The first-order valence-electron chi connectivity index (χ1n) is 5.48. The molecule has 16 heavy (non-hydrogen) atoms. The molecule has 1 aromatic heterocycles. The predicted octanol–water partition coefficient (Wildman–Crippen LogP) is 3.69. The molecule has 1 N–H and O–H groups in total. The van der Waals surface area contributed by atoms with E-state index in [1.165, 1.54) is 16.7 Å². The molecule has 0 saturated carbocycles. The number of methoxy groups -OCH3 is 1. The van der Waals surface area contributed by atoms with Gasteiger partial charge in [0.05, 0.1) is 7.11 Å². The number of hydrogen-bond acceptors (Lipinski definition) is 1. The van der Waals surface area contributed by atoms with Crippen molar-refractivity contribution in [3.8, 4) is 5.75 Å². The molecule has 0 radical (unpaired) electrons. The monoisotopic (exact) mass is 215 g/mol. The molecule has 0 spiro atoms. The summed E-state index contributed by atoms with van der Waals surface area (Å²) in [5, 5.41) is 1.23. The van der Waals surface area contributed by atoms with Crippen molar-refractivity contribution in [2.45, 2.75) is 20.3 Å². The van der Waals surface area contributed by atoms with Crippen molar-refractivity contribution in [1.29, 1.82) is 0 Å².